The summed E-state index contributed by atoms with van der Waals surface area (Å²) in [6.45, 7) is 7.96. The van der Waals surface area contributed by atoms with E-state index >= 15 is 0 Å². The molecule has 0 saturated carbocycles. The molecule has 2 rings (SSSR count). The van der Waals surface area contributed by atoms with Crippen LogP contribution in [0.2, 0.25) is 0 Å². The summed E-state index contributed by atoms with van der Waals surface area (Å²) in [5, 5.41) is 0. The molecule has 2 fully saturated rings. The zero-order chi connectivity index (χ0) is 14.5. The maximum absolute atomic E-state index is 12.1. The zero-order valence-corrected chi connectivity index (χ0v) is 12.9. The van der Waals surface area contributed by atoms with Crippen molar-refractivity contribution in [1.29, 1.82) is 0 Å². The fourth-order valence-electron chi connectivity index (χ4n) is 3.05. The van der Waals surface area contributed by atoms with Crippen LogP contribution in [0.4, 0.5) is 0 Å². The van der Waals surface area contributed by atoms with Crippen LogP contribution in [0.3, 0.4) is 0 Å². The number of nitrogens with zero attached hydrogens (tertiary/aromatic N) is 2. The number of hydrogen-bond donors (Lipinski definition) is 0. The van der Waals surface area contributed by atoms with Gasteiger partial charge in [0.2, 0.25) is 11.8 Å². The first-order chi connectivity index (χ1) is 9.56. The molecule has 4 heteroatoms. The fraction of sp³-hybridized carbons (Fsp3) is 0.875. The fourth-order valence-corrected chi connectivity index (χ4v) is 3.05. The van der Waals surface area contributed by atoms with E-state index in [-0.39, 0.29) is 11.8 Å². The van der Waals surface area contributed by atoms with Crippen molar-refractivity contribution in [3.05, 3.63) is 0 Å². The molecule has 0 aromatic rings. The zero-order valence-electron chi connectivity index (χ0n) is 12.9. The number of amides is 2. The number of piperidine rings is 2. The third-order valence-electron chi connectivity index (χ3n) is 4.83. The van der Waals surface area contributed by atoms with Gasteiger partial charge in [-0.1, -0.05) is 13.8 Å². The van der Waals surface area contributed by atoms with Crippen molar-refractivity contribution in [2.24, 2.45) is 11.8 Å². The second kappa shape index (κ2) is 7.09. The van der Waals surface area contributed by atoms with Crippen LogP contribution >= 0.6 is 0 Å². The van der Waals surface area contributed by atoms with E-state index < -0.39 is 0 Å². The van der Waals surface area contributed by atoms with E-state index in [0.29, 0.717) is 12.8 Å². The van der Waals surface area contributed by atoms with Gasteiger partial charge < -0.3 is 9.80 Å². The van der Waals surface area contributed by atoms with Crippen molar-refractivity contribution in [3.63, 3.8) is 0 Å². The van der Waals surface area contributed by atoms with E-state index in [1.807, 2.05) is 9.80 Å². The molecule has 0 unspecified atom stereocenters. The molecule has 0 radical (unpaired) electrons. The van der Waals surface area contributed by atoms with E-state index in [4.69, 9.17) is 0 Å². The lowest BCUT2D eigenvalue weighted by atomic mass is 9.98. The molecule has 20 heavy (non-hydrogen) atoms. The smallest absolute Gasteiger partial charge is 0.223 e. The van der Waals surface area contributed by atoms with E-state index in [2.05, 4.69) is 13.8 Å². The quantitative estimate of drug-likeness (QED) is 0.796. The summed E-state index contributed by atoms with van der Waals surface area (Å²) in [4.78, 5) is 28.1. The number of rotatable bonds is 3. The van der Waals surface area contributed by atoms with Crippen LogP contribution in [-0.4, -0.2) is 47.8 Å². The van der Waals surface area contributed by atoms with Gasteiger partial charge in [0, 0.05) is 39.0 Å². The Morgan fingerprint density at radius 1 is 0.750 bits per heavy atom. The van der Waals surface area contributed by atoms with E-state index in [9.17, 15) is 9.59 Å². The maximum Gasteiger partial charge on any atom is 0.223 e. The normalized spacial score (nSPS) is 22.1. The Balaban J connectivity index is 1.69. The highest BCUT2D eigenvalue weighted by molar-refractivity contribution is 5.83. The number of carbonyl (C=O) groups excluding carboxylic acids is 2. The Labute approximate surface area is 122 Å². The molecule has 0 spiro atoms. The average Bonchev–Trinajstić information content (AvgIpc) is 2.46. The van der Waals surface area contributed by atoms with E-state index in [1.165, 1.54) is 0 Å². The van der Waals surface area contributed by atoms with Gasteiger partial charge in [0.15, 0.2) is 0 Å². The van der Waals surface area contributed by atoms with Crippen LogP contribution in [0.1, 0.15) is 52.4 Å². The number of hydrogen-bond acceptors (Lipinski definition) is 2. The minimum atomic E-state index is 0.163. The van der Waals surface area contributed by atoms with Gasteiger partial charge in [-0.15, -0.1) is 0 Å². The van der Waals surface area contributed by atoms with Gasteiger partial charge in [0.05, 0.1) is 0 Å². The van der Waals surface area contributed by atoms with Crippen molar-refractivity contribution in [1.82, 2.24) is 9.80 Å². The second-order valence-electron chi connectivity index (χ2n) is 6.63. The summed E-state index contributed by atoms with van der Waals surface area (Å²) in [6, 6.07) is 0. The lowest BCUT2D eigenvalue weighted by Crippen LogP contribution is -2.40. The molecule has 4 nitrogen and oxygen atoms in total. The van der Waals surface area contributed by atoms with Gasteiger partial charge in [-0.25, -0.2) is 0 Å². The molecule has 0 aromatic carbocycles. The van der Waals surface area contributed by atoms with Gasteiger partial charge in [0.1, 0.15) is 0 Å². The Bertz CT molecular complexity index is 306. The standard InChI is InChI=1S/C16H28N2O2/c1-13-5-9-17(10-6-13)15(19)3-4-16(20)18-11-7-14(2)8-12-18/h13-14H,3-12H2,1-2H3. The van der Waals surface area contributed by atoms with Gasteiger partial charge in [-0.2, -0.15) is 0 Å². The summed E-state index contributed by atoms with van der Waals surface area (Å²) < 4.78 is 0. The van der Waals surface area contributed by atoms with Gasteiger partial charge in [0.25, 0.3) is 0 Å². The summed E-state index contributed by atoms with van der Waals surface area (Å²) in [5.74, 6) is 1.79. The predicted molar refractivity (Wildman–Crippen MR) is 79.2 cm³/mol. The molecular formula is C16H28N2O2. The van der Waals surface area contributed by atoms with Crippen molar-refractivity contribution < 1.29 is 9.59 Å². The SMILES string of the molecule is CC1CCN(C(=O)CCC(=O)N2CCC(C)CC2)CC1. The van der Waals surface area contributed by atoms with Gasteiger partial charge >= 0.3 is 0 Å². The van der Waals surface area contributed by atoms with Crippen LogP contribution in [0, 0.1) is 11.8 Å². The first-order valence-corrected chi connectivity index (χ1v) is 8.12. The molecule has 2 aliphatic rings. The molecule has 2 saturated heterocycles. The molecule has 0 aromatic heterocycles. The molecule has 114 valence electrons. The summed E-state index contributed by atoms with van der Waals surface area (Å²) in [7, 11) is 0. The molecule has 2 aliphatic heterocycles. The van der Waals surface area contributed by atoms with Gasteiger partial charge in [-0.05, 0) is 37.5 Å². The van der Waals surface area contributed by atoms with Crippen molar-refractivity contribution in [3.8, 4) is 0 Å². The molecular weight excluding hydrogens is 252 g/mol. The topological polar surface area (TPSA) is 40.6 Å². The third-order valence-corrected chi connectivity index (χ3v) is 4.83. The molecule has 0 atom stereocenters. The Morgan fingerprint density at radius 2 is 1.05 bits per heavy atom. The first-order valence-electron chi connectivity index (χ1n) is 8.12. The summed E-state index contributed by atoms with van der Waals surface area (Å²) >= 11 is 0. The monoisotopic (exact) mass is 280 g/mol. The van der Waals surface area contributed by atoms with Crippen molar-refractivity contribution >= 4 is 11.8 Å². The second-order valence-corrected chi connectivity index (χ2v) is 6.63. The summed E-state index contributed by atoms with van der Waals surface area (Å²) in [6.07, 6.45) is 5.18. The molecule has 2 heterocycles. The first kappa shape index (κ1) is 15.3. The predicted octanol–water partition coefficient (Wildman–Crippen LogP) is 2.28. The third kappa shape index (κ3) is 4.22. The number of carbonyl (C=O) groups is 2. The van der Waals surface area contributed by atoms with Crippen LogP contribution < -0.4 is 0 Å². The largest absolute Gasteiger partial charge is 0.343 e. The molecule has 0 N–H and O–H groups in total. The van der Waals surface area contributed by atoms with Crippen LogP contribution in [0.5, 0.6) is 0 Å². The summed E-state index contributed by atoms with van der Waals surface area (Å²) in [5.41, 5.74) is 0. The Hall–Kier alpha value is -1.06. The van der Waals surface area contributed by atoms with Gasteiger partial charge in [-0.3, -0.25) is 9.59 Å². The molecule has 0 aliphatic carbocycles. The Morgan fingerprint density at radius 3 is 1.35 bits per heavy atom. The lowest BCUT2D eigenvalue weighted by Gasteiger charge is -2.32. The highest BCUT2D eigenvalue weighted by Crippen LogP contribution is 2.19. The van der Waals surface area contributed by atoms with E-state index in [0.717, 1.165) is 63.7 Å². The Kier molecular flexibility index (Phi) is 5.44. The lowest BCUT2D eigenvalue weighted by molar-refractivity contribution is -0.138. The van der Waals surface area contributed by atoms with Crippen LogP contribution in [0.15, 0.2) is 0 Å². The molecule has 2 amide bonds. The van der Waals surface area contributed by atoms with Crippen molar-refractivity contribution in [2.45, 2.75) is 52.4 Å². The van der Waals surface area contributed by atoms with Crippen LogP contribution in [-0.2, 0) is 9.59 Å². The molecule has 0 bridgehead atoms. The van der Waals surface area contributed by atoms with Crippen molar-refractivity contribution in [2.75, 3.05) is 26.2 Å². The highest BCUT2D eigenvalue weighted by Gasteiger charge is 2.23. The van der Waals surface area contributed by atoms with Crippen LogP contribution in [0.25, 0.3) is 0 Å². The minimum absolute atomic E-state index is 0.163. The maximum atomic E-state index is 12.1. The van der Waals surface area contributed by atoms with E-state index in [1.54, 1.807) is 0 Å². The average molecular weight is 280 g/mol. The number of likely N-dealkylation sites (tertiary alicyclic amines) is 2. The highest BCUT2D eigenvalue weighted by atomic mass is 16.2. The minimum Gasteiger partial charge on any atom is -0.343 e.